The van der Waals surface area contributed by atoms with Gasteiger partial charge in [0, 0.05) is 27.7 Å². The van der Waals surface area contributed by atoms with E-state index in [4.69, 9.17) is 34.8 Å². The molecule has 0 radical (unpaired) electrons. The molecule has 0 aromatic heterocycles. The summed E-state index contributed by atoms with van der Waals surface area (Å²) >= 11 is 18.6. The Morgan fingerprint density at radius 3 is 2.10 bits per heavy atom. The molecule has 208 valence electrons. The van der Waals surface area contributed by atoms with E-state index in [1.807, 2.05) is 13.8 Å². The number of rotatable bonds is 11. The van der Waals surface area contributed by atoms with Crippen molar-refractivity contribution in [1.29, 1.82) is 0 Å². The third-order valence-electron chi connectivity index (χ3n) is 6.16. The Bertz CT molecular complexity index is 1400. The van der Waals surface area contributed by atoms with Crippen molar-refractivity contribution in [1.82, 2.24) is 10.2 Å². The molecule has 11 heteroatoms. The molecule has 3 aromatic carbocycles. The van der Waals surface area contributed by atoms with E-state index in [9.17, 15) is 18.0 Å². The maximum atomic E-state index is 13.9. The molecule has 0 aliphatic carbocycles. The molecule has 0 heterocycles. The van der Waals surface area contributed by atoms with Crippen LogP contribution in [-0.4, -0.2) is 43.8 Å². The second kappa shape index (κ2) is 13.5. The lowest BCUT2D eigenvalue weighted by Gasteiger charge is -2.32. The Hall–Kier alpha value is -2.78. The van der Waals surface area contributed by atoms with E-state index in [0.29, 0.717) is 17.0 Å². The highest BCUT2D eigenvalue weighted by Gasteiger charge is 2.33. The highest BCUT2D eigenvalue weighted by molar-refractivity contribution is 7.92. The van der Waals surface area contributed by atoms with E-state index in [0.717, 1.165) is 4.31 Å². The van der Waals surface area contributed by atoms with Gasteiger partial charge in [-0.15, -0.1) is 0 Å². The molecular formula is C28H30Cl3N3O4S. The number of halogens is 3. The molecule has 3 rings (SSSR count). The number of amides is 2. The summed E-state index contributed by atoms with van der Waals surface area (Å²) in [6.45, 7) is 4.84. The number of benzene rings is 3. The SMILES string of the molecule is CC[C@H](C)NC(=O)[C@H](C)N(Cc1cccc(Cl)c1)C(=O)CN(c1cc(Cl)cc(Cl)c1)S(=O)(=O)c1ccccc1. The summed E-state index contributed by atoms with van der Waals surface area (Å²) in [5.74, 6) is -0.958. The average molecular weight is 611 g/mol. The van der Waals surface area contributed by atoms with Crippen molar-refractivity contribution >= 4 is 62.3 Å². The van der Waals surface area contributed by atoms with Crippen LogP contribution in [0.1, 0.15) is 32.8 Å². The fourth-order valence-corrected chi connectivity index (χ4v) is 5.96. The first-order valence-corrected chi connectivity index (χ1v) is 14.9. The van der Waals surface area contributed by atoms with Crippen molar-refractivity contribution in [2.24, 2.45) is 0 Å². The summed E-state index contributed by atoms with van der Waals surface area (Å²) in [4.78, 5) is 28.3. The van der Waals surface area contributed by atoms with Crippen LogP contribution in [0.3, 0.4) is 0 Å². The maximum absolute atomic E-state index is 13.9. The highest BCUT2D eigenvalue weighted by atomic mass is 35.5. The van der Waals surface area contributed by atoms with E-state index in [2.05, 4.69) is 5.32 Å². The molecule has 0 spiro atoms. The zero-order valence-electron chi connectivity index (χ0n) is 21.8. The zero-order valence-corrected chi connectivity index (χ0v) is 24.9. The van der Waals surface area contributed by atoms with Crippen molar-refractivity contribution in [3.63, 3.8) is 0 Å². The van der Waals surface area contributed by atoms with Gasteiger partial charge in [0.1, 0.15) is 12.6 Å². The second-order valence-corrected chi connectivity index (χ2v) is 12.3. The first kappa shape index (κ1) is 30.8. The summed E-state index contributed by atoms with van der Waals surface area (Å²) in [7, 11) is -4.22. The van der Waals surface area contributed by atoms with Crippen LogP contribution in [0.15, 0.2) is 77.7 Å². The third kappa shape index (κ3) is 8.11. The Morgan fingerprint density at radius 2 is 1.51 bits per heavy atom. The molecule has 0 aliphatic heterocycles. The fourth-order valence-electron chi connectivity index (χ4n) is 3.81. The van der Waals surface area contributed by atoms with Gasteiger partial charge in [0.15, 0.2) is 0 Å². The average Bonchev–Trinajstić information content (AvgIpc) is 2.89. The summed E-state index contributed by atoms with van der Waals surface area (Å²) in [5.41, 5.74) is 0.798. The summed E-state index contributed by atoms with van der Waals surface area (Å²) in [5, 5.41) is 3.77. The van der Waals surface area contributed by atoms with E-state index in [1.54, 1.807) is 49.4 Å². The van der Waals surface area contributed by atoms with E-state index < -0.39 is 28.5 Å². The molecule has 2 amide bonds. The molecule has 2 atom stereocenters. The molecule has 0 saturated carbocycles. The standard InChI is InChI=1S/C28H30Cl3N3O4S/c1-4-19(2)32-28(36)20(3)33(17-21-9-8-10-22(29)13-21)27(35)18-34(25-15-23(30)14-24(31)16-25)39(37,38)26-11-6-5-7-12-26/h5-16,19-20H,4,17-18H2,1-3H3,(H,32,36)/t19-,20-/m0/s1. The van der Waals surface area contributed by atoms with E-state index >= 15 is 0 Å². The van der Waals surface area contributed by atoms with Gasteiger partial charge in [0.25, 0.3) is 10.0 Å². The van der Waals surface area contributed by atoms with Crippen LogP contribution in [0.25, 0.3) is 0 Å². The molecule has 0 bridgehead atoms. The monoisotopic (exact) mass is 609 g/mol. The second-order valence-electron chi connectivity index (χ2n) is 9.10. The Balaban J connectivity index is 2.05. The fraction of sp³-hybridized carbons (Fsp3) is 0.286. The van der Waals surface area contributed by atoms with Gasteiger partial charge in [-0.25, -0.2) is 8.42 Å². The number of nitrogens with zero attached hydrogens (tertiary/aromatic N) is 2. The normalized spacial score (nSPS) is 12.9. The molecule has 0 fully saturated rings. The smallest absolute Gasteiger partial charge is 0.264 e. The van der Waals surface area contributed by atoms with E-state index in [1.165, 1.54) is 35.2 Å². The van der Waals surface area contributed by atoms with Gasteiger partial charge in [-0.1, -0.05) is 72.1 Å². The van der Waals surface area contributed by atoms with Gasteiger partial charge in [-0.2, -0.15) is 0 Å². The number of carbonyl (C=O) groups is 2. The summed E-state index contributed by atoms with van der Waals surface area (Å²) < 4.78 is 28.5. The molecule has 0 saturated heterocycles. The van der Waals surface area contributed by atoms with Gasteiger partial charge < -0.3 is 10.2 Å². The lowest BCUT2D eigenvalue weighted by atomic mass is 10.1. The van der Waals surface area contributed by atoms with Crippen LogP contribution in [0.4, 0.5) is 5.69 Å². The molecule has 1 N–H and O–H groups in total. The van der Waals surface area contributed by atoms with Crippen molar-refractivity contribution in [2.45, 2.75) is 50.7 Å². The van der Waals surface area contributed by atoms with Crippen LogP contribution in [0, 0.1) is 0 Å². The molecular weight excluding hydrogens is 581 g/mol. The number of carbonyl (C=O) groups excluding carboxylic acids is 2. The maximum Gasteiger partial charge on any atom is 0.264 e. The van der Waals surface area contributed by atoms with Crippen molar-refractivity contribution in [2.75, 3.05) is 10.8 Å². The quantitative estimate of drug-likeness (QED) is 0.281. The Kier molecular flexibility index (Phi) is 10.7. The predicted octanol–water partition coefficient (Wildman–Crippen LogP) is 6.17. The van der Waals surface area contributed by atoms with Gasteiger partial charge in [-0.3, -0.25) is 13.9 Å². The number of sulfonamides is 1. The van der Waals surface area contributed by atoms with Crippen molar-refractivity contribution in [3.8, 4) is 0 Å². The summed E-state index contributed by atoms with van der Waals surface area (Å²) in [6, 6.07) is 17.9. The number of anilines is 1. The Morgan fingerprint density at radius 1 is 0.872 bits per heavy atom. The molecule has 0 unspecified atom stereocenters. The molecule has 7 nitrogen and oxygen atoms in total. The number of hydrogen-bond donors (Lipinski definition) is 1. The molecule has 0 aliphatic rings. The Labute approximate surface area is 244 Å². The van der Waals surface area contributed by atoms with E-state index in [-0.39, 0.29) is 39.1 Å². The summed E-state index contributed by atoms with van der Waals surface area (Å²) in [6.07, 6.45) is 0.708. The lowest BCUT2D eigenvalue weighted by Crippen LogP contribution is -2.52. The van der Waals surface area contributed by atoms with Crippen molar-refractivity contribution in [3.05, 3.63) is 93.4 Å². The van der Waals surface area contributed by atoms with Crippen LogP contribution in [-0.2, 0) is 26.2 Å². The largest absolute Gasteiger partial charge is 0.352 e. The van der Waals surface area contributed by atoms with Crippen molar-refractivity contribution < 1.29 is 18.0 Å². The minimum absolute atomic E-state index is 0.0159. The molecule has 39 heavy (non-hydrogen) atoms. The minimum atomic E-state index is -4.22. The first-order chi connectivity index (χ1) is 18.4. The van der Waals surface area contributed by atoms with Crippen LogP contribution >= 0.6 is 34.8 Å². The lowest BCUT2D eigenvalue weighted by molar-refractivity contribution is -0.139. The third-order valence-corrected chi connectivity index (χ3v) is 8.62. The first-order valence-electron chi connectivity index (χ1n) is 12.3. The van der Waals surface area contributed by atoms with Gasteiger partial charge in [-0.05, 0) is 68.3 Å². The number of hydrogen-bond acceptors (Lipinski definition) is 4. The highest BCUT2D eigenvalue weighted by Crippen LogP contribution is 2.30. The van der Waals surface area contributed by atoms with Gasteiger partial charge in [0.2, 0.25) is 11.8 Å². The van der Waals surface area contributed by atoms with Gasteiger partial charge >= 0.3 is 0 Å². The van der Waals surface area contributed by atoms with Crippen LogP contribution < -0.4 is 9.62 Å². The molecule has 3 aromatic rings. The van der Waals surface area contributed by atoms with Gasteiger partial charge in [0.05, 0.1) is 10.6 Å². The minimum Gasteiger partial charge on any atom is -0.352 e. The number of nitrogens with one attached hydrogen (secondary N) is 1. The zero-order chi connectivity index (χ0) is 28.7. The van der Waals surface area contributed by atoms with Crippen LogP contribution in [0.5, 0.6) is 0 Å². The van der Waals surface area contributed by atoms with Crippen LogP contribution in [0.2, 0.25) is 15.1 Å². The topological polar surface area (TPSA) is 86.8 Å². The predicted molar refractivity (Wildman–Crippen MR) is 157 cm³/mol.